The van der Waals surface area contributed by atoms with E-state index in [4.69, 9.17) is 5.11 Å². The van der Waals surface area contributed by atoms with Crippen LogP contribution in [0.15, 0.2) is 24.3 Å². The maximum absolute atomic E-state index is 11.9. The minimum Gasteiger partial charge on any atom is -0.481 e. The number of carboxylic acids is 1. The van der Waals surface area contributed by atoms with Crippen molar-refractivity contribution >= 4 is 11.9 Å². The first kappa shape index (κ1) is 11.3. The van der Waals surface area contributed by atoms with Gasteiger partial charge < -0.3 is 10.0 Å². The van der Waals surface area contributed by atoms with Crippen molar-refractivity contribution in [3.05, 3.63) is 35.4 Å². The monoisotopic (exact) mass is 245 g/mol. The van der Waals surface area contributed by atoms with E-state index in [0.717, 1.165) is 12.8 Å². The Bertz CT molecular complexity index is 487. The maximum Gasteiger partial charge on any atom is 0.308 e. The summed E-state index contributed by atoms with van der Waals surface area (Å²) in [6.45, 7) is 0.368. The second kappa shape index (κ2) is 4.12. The van der Waals surface area contributed by atoms with Gasteiger partial charge in [-0.05, 0) is 24.0 Å². The SMILES string of the molecule is O=C(O)[C@H]1CC(=O)N(C2Cc3ccccc3C2)C1. The fourth-order valence-electron chi connectivity index (χ4n) is 3.01. The van der Waals surface area contributed by atoms with Crippen LogP contribution in [0.2, 0.25) is 0 Å². The van der Waals surface area contributed by atoms with Crippen LogP contribution in [0.5, 0.6) is 0 Å². The molecular weight excluding hydrogens is 230 g/mol. The van der Waals surface area contributed by atoms with Gasteiger partial charge in [-0.15, -0.1) is 0 Å². The summed E-state index contributed by atoms with van der Waals surface area (Å²) in [6, 6.07) is 8.34. The molecule has 1 saturated heterocycles. The number of hydrogen-bond acceptors (Lipinski definition) is 2. The summed E-state index contributed by atoms with van der Waals surface area (Å²) in [5.74, 6) is -1.40. The molecule has 1 heterocycles. The second-order valence-corrected chi connectivity index (χ2v) is 5.12. The predicted molar refractivity (Wildman–Crippen MR) is 65.1 cm³/mol. The Hall–Kier alpha value is -1.84. The number of amides is 1. The number of hydrogen-bond donors (Lipinski definition) is 1. The minimum atomic E-state index is -0.860. The van der Waals surface area contributed by atoms with Gasteiger partial charge in [-0.3, -0.25) is 9.59 Å². The zero-order chi connectivity index (χ0) is 12.7. The number of nitrogens with zero attached hydrogens (tertiary/aromatic N) is 1. The van der Waals surface area contributed by atoms with Crippen molar-refractivity contribution in [2.24, 2.45) is 5.92 Å². The summed E-state index contributed by atoms with van der Waals surface area (Å²) in [6.07, 6.45) is 1.87. The van der Waals surface area contributed by atoms with Crippen LogP contribution in [0.25, 0.3) is 0 Å². The molecule has 4 heteroatoms. The highest BCUT2D eigenvalue weighted by atomic mass is 16.4. The number of rotatable bonds is 2. The van der Waals surface area contributed by atoms with Gasteiger partial charge in [0, 0.05) is 19.0 Å². The van der Waals surface area contributed by atoms with Gasteiger partial charge in [0.1, 0.15) is 0 Å². The number of aliphatic carboxylic acids is 1. The molecule has 1 aliphatic carbocycles. The molecular formula is C14H15NO3. The summed E-state index contributed by atoms with van der Waals surface area (Å²) in [5.41, 5.74) is 2.57. The van der Waals surface area contributed by atoms with Gasteiger partial charge in [-0.1, -0.05) is 24.3 Å². The molecule has 1 atom stereocenters. The largest absolute Gasteiger partial charge is 0.481 e. The Kier molecular flexibility index (Phi) is 2.58. The summed E-state index contributed by atoms with van der Waals surface area (Å²) >= 11 is 0. The van der Waals surface area contributed by atoms with Crippen LogP contribution in [0.3, 0.4) is 0 Å². The number of carbonyl (C=O) groups is 2. The molecule has 1 aliphatic heterocycles. The zero-order valence-corrected chi connectivity index (χ0v) is 10.0. The smallest absolute Gasteiger partial charge is 0.308 e. The van der Waals surface area contributed by atoms with Crippen LogP contribution in [-0.2, 0) is 22.4 Å². The molecule has 0 spiro atoms. The van der Waals surface area contributed by atoms with E-state index < -0.39 is 11.9 Å². The van der Waals surface area contributed by atoms with Crippen LogP contribution in [0.1, 0.15) is 17.5 Å². The van der Waals surface area contributed by atoms with Gasteiger partial charge >= 0.3 is 5.97 Å². The molecule has 4 nitrogen and oxygen atoms in total. The highest BCUT2D eigenvalue weighted by molar-refractivity contribution is 5.86. The topological polar surface area (TPSA) is 57.6 Å². The van der Waals surface area contributed by atoms with Crippen molar-refractivity contribution in [2.75, 3.05) is 6.54 Å². The molecule has 0 radical (unpaired) electrons. The first-order chi connectivity index (χ1) is 8.65. The number of fused-ring (bicyclic) bond motifs is 1. The van der Waals surface area contributed by atoms with Crippen molar-refractivity contribution in [2.45, 2.75) is 25.3 Å². The fourth-order valence-corrected chi connectivity index (χ4v) is 3.01. The van der Waals surface area contributed by atoms with E-state index in [2.05, 4.69) is 12.1 Å². The summed E-state index contributed by atoms with van der Waals surface area (Å²) in [7, 11) is 0. The van der Waals surface area contributed by atoms with Crippen LogP contribution >= 0.6 is 0 Å². The van der Waals surface area contributed by atoms with E-state index >= 15 is 0 Å². The van der Waals surface area contributed by atoms with Crippen molar-refractivity contribution in [1.82, 2.24) is 4.90 Å². The summed E-state index contributed by atoms with van der Waals surface area (Å²) in [5, 5.41) is 8.99. The van der Waals surface area contributed by atoms with Crippen LogP contribution in [-0.4, -0.2) is 34.5 Å². The van der Waals surface area contributed by atoms with Crippen LogP contribution < -0.4 is 0 Å². The maximum atomic E-state index is 11.9. The van der Waals surface area contributed by atoms with E-state index in [1.807, 2.05) is 12.1 Å². The lowest BCUT2D eigenvalue weighted by molar-refractivity contribution is -0.141. The number of carbonyl (C=O) groups excluding carboxylic acids is 1. The van der Waals surface area contributed by atoms with Crippen molar-refractivity contribution in [3.63, 3.8) is 0 Å². The molecule has 1 N–H and O–H groups in total. The first-order valence-electron chi connectivity index (χ1n) is 6.24. The Morgan fingerprint density at radius 2 is 1.78 bits per heavy atom. The number of benzene rings is 1. The van der Waals surface area contributed by atoms with Crippen molar-refractivity contribution < 1.29 is 14.7 Å². The molecule has 1 fully saturated rings. The normalized spacial score (nSPS) is 23.4. The molecule has 0 bridgehead atoms. The molecule has 94 valence electrons. The Morgan fingerprint density at radius 1 is 1.17 bits per heavy atom. The van der Waals surface area contributed by atoms with Gasteiger partial charge in [0.15, 0.2) is 0 Å². The highest BCUT2D eigenvalue weighted by Gasteiger charge is 2.39. The second-order valence-electron chi connectivity index (χ2n) is 5.12. The first-order valence-corrected chi connectivity index (χ1v) is 6.24. The Morgan fingerprint density at radius 3 is 2.28 bits per heavy atom. The molecule has 1 aromatic rings. The average Bonchev–Trinajstić information content (AvgIpc) is 2.91. The van der Waals surface area contributed by atoms with Crippen LogP contribution in [0.4, 0.5) is 0 Å². The third-order valence-electron chi connectivity index (χ3n) is 3.98. The molecule has 3 rings (SSSR count). The molecule has 0 aromatic heterocycles. The lowest BCUT2D eigenvalue weighted by Crippen LogP contribution is -2.37. The average molecular weight is 245 g/mol. The molecule has 2 aliphatic rings. The third kappa shape index (κ3) is 1.78. The lowest BCUT2D eigenvalue weighted by atomic mass is 10.1. The van der Waals surface area contributed by atoms with E-state index in [1.165, 1.54) is 11.1 Å². The number of likely N-dealkylation sites (tertiary alicyclic amines) is 1. The van der Waals surface area contributed by atoms with Gasteiger partial charge in [0.05, 0.1) is 5.92 Å². The van der Waals surface area contributed by atoms with Gasteiger partial charge in [0.2, 0.25) is 5.91 Å². The van der Waals surface area contributed by atoms with Crippen molar-refractivity contribution in [3.8, 4) is 0 Å². The highest BCUT2D eigenvalue weighted by Crippen LogP contribution is 2.29. The van der Waals surface area contributed by atoms with Crippen LogP contribution in [0, 0.1) is 5.92 Å². The van der Waals surface area contributed by atoms with E-state index in [1.54, 1.807) is 4.90 Å². The third-order valence-corrected chi connectivity index (χ3v) is 3.98. The quantitative estimate of drug-likeness (QED) is 0.848. The summed E-state index contributed by atoms with van der Waals surface area (Å²) < 4.78 is 0. The predicted octanol–water partition coefficient (Wildman–Crippen LogP) is 1.09. The molecule has 1 aromatic carbocycles. The standard InChI is InChI=1S/C14H15NO3/c16-13-7-11(14(17)18)8-15(13)12-5-9-3-1-2-4-10(9)6-12/h1-4,11-12H,5-8H2,(H,17,18)/t11-/m0/s1. The van der Waals surface area contributed by atoms with Crippen molar-refractivity contribution in [1.29, 1.82) is 0 Å². The van der Waals surface area contributed by atoms with E-state index in [0.29, 0.717) is 6.54 Å². The summed E-state index contributed by atoms with van der Waals surface area (Å²) in [4.78, 5) is 24.6. The van der Waals surface area contributed by atoms with Gasteiger partial charge in [-0.25, -0.2) is 0 Å². The lowest BCUT2D eigenvalue weighted by Gasteiger charge is -2.23. The van der Waals surface area contributed by atoms with E-state index in [9.17, 15) is 9.59 Å². The molecule has 1 amide bonds. The molecule has 18 heavy (non-hydrogen) atoms. The van der Waals surface area contributed by atoms with Gasteiger partial charge in [0.25, 0.3) is 0 Å². The fraction of sp³-hybridized carbons (Fsp3) is 0.429. The minimum absolute atomic E-state index is 0.0137. The zero-order valence-electron chi connectivity index (χ0n) is 10.0. The molecule has 0 saturated carbocycles. The number of carboxylic acid groups (broad SMARTS) is 1. The van der Waals surface area contributed by atoms with E-state index in [-0.39, 0.29) is 18.4 Å². The molecule has 0 unspecified atom stereocenters. The Labute approximate surface area is 105 Å². The van der Waals surface area contributed by atoms with Gasteiger partial charge in [-0.2, -0.15) is 0 Å². The Balaban J connectivity index is 1.75.